The van der Waals surface area contributed by atoms with Gasteiger partial charge in [-0.2, -0.15) is 18.3 Å². The van der Waals surface area contributed by atoms with Crippen molar-refractivity contribution in [2.45, 2.75) is 45.2 Å². The van der Waals surface area contributed by atoms with Gasteiger partial charge in [0.25, 0.3) is 0 Å². The van der Waals surface area contributed by atoms with Crippen LogP contribution >= 0.6 is 0 Å². The minimum absolute atomic E-state index is 0.00233. The molecule has 130 valence electrons. The smallest absolute Gasteiger partial charge is 0.392 e. The third-order valence-electron chi connectivity index (χ3n) is 4.08. The van der Waals surface area contributed by atoms with Crippen LogP contribution in [0.4, 0.5) is 13.2 Å². The van der Waals surface area contributed by atoms with Crippen molar-refractivity contribution in [1.29, 1.82) is 0 Å². The molecule has 0 unspecified atom stereocenters. The Morgan fingerprint density at radius 3 is 2.67 bits per heavy atom. The number of rotatable bonds is 6. The van der Waals surface area contributed by atoms with E-state index in [0.29, 0.717) is 16.8 Å². The van der Waals surface area contributed by atoms with Gasteiger partial charge in [-0.05, 0) is 25.0 Å². The van der Waals surface area contributed by atoms with Gasteiger partial charge in [-0.3, -0.25) is 4.79 Å². The molecule has 0 N–H and O–H groups in total. The van der Waals surface area contributed by atoms with Crippen molar-refractivity contribution in [2.75, 3.05) is 6.61 Å². The average molecular weight is 340 g/mol. The molecule has 0 spiro atoms. The maximum absolute atomic E-state index is 12.3. The number of ketones is 1. The molecule has 1 aliphatic rings. The fourth-order valence-electron chi connectivity index (χ4n) is 2.69. The minimum Gasteiger partial charge on any atom is -0.491 e. The molecule has 1 fully saturated rings. The lowest BCUT2D eigenvalue weighted by molar-refractivity contribution is -0.139. The highest BCUT2D eigenvalue weighted by molar-refractivity contribution is 6.03. The molecule has 0 bridgehead atoms. The zero-order valence-electron chi connectivity index (χ0n) is 13.6. The number of carbonyl (C=O) groups excluding carboxylic acids is 1. The van der Waals surface area contributed by atoms with Gasteiger partial charge >= 0.3 is 6.18 Å². The van der Waals surface area contributed by atoms with Crippen molar-refractivity contribution in [2.24, 2.45) is 5.92 Å². The molecule has 0 saturated heterocycles. The van der Waals surface area contributed by atoms with Crippen LogP contribution < -0.4 is 4.74 Å². The van der Waals surface area contributed by atoms with E-state index in [4.69, 9.17) is 4.74 Å². The Morgan fingerprint density at radius 1 is 1.38 bits per heavy atom. The van der Waals surface area contributed by atoms with E-state index < -0.39 is 19.2 Å². The molecule has 1 saturated carbocycles. The first-order valence-corrected chi connectivity index (χ1v) is 8.02. The van der Waals surface area contributed by atoms with Crippen LogP contribution in [-0.4, -0.2) is 28.2 Å². The number of hydrogen-bond acceptors (Lipinski definition) is 3. The Balaban J connectivity index is 1.94. The number of ether oxygens (including phenoxy) is 1. The maximum atomic E-state index is 12.3. The zero-order valence-corrected chi connectivity index (χ0v) is 13.6. The summed E-state index contributed by atoms with van der Waals surface area (Å²) >= 11 is 0. The molecule has 4 nitrogen and oxygen atoms in total. The highest BCUT2D eigenvalue weighted by Gasteiger charge is 2.32. The van der Waals surface area contributed by atoms with Crippen molar-refractivity contribution in [3.05, 3.63) is 29.6 Å². The summed E-state index contributed by atoms with van der Waals surface area (Å²) in [7, 11) is 0. The topological polar surface area (TPSA) is 43.6 Å². The monoisotopic (exact) mass is 340 g/mol. The second-order valence-electron chi connectivity index (χ2n) is 6.44. The molecule has 24 heavy (non-hydrogen) atoms. The van der Waals surface area contributed by atoms with Crippen LogP contribution in [0, 0.1) is 5.92 Å². The first-order valence-electron chi connectivity index (χ1n) is 8.02. The number of aromatic nitrogens is 2. The fraction of sp³-hybridized carbons (Fsp3) is 0.529. The van der Waals surface area contributed by atoms with E-state index in [1.165, 1.54) is 6.20 Å². The lowest BCUT2D eigenvalue weighted by atomic mass is 10.0. The summed E-state index contributed by atoms with van der Waals surface area (Å²) in [6, 6.07) is 3.34. The summed E-state index contributed by atoms with van der Waals surface area (Å²) in [5.41, 5.74) is 1.98. The average Bonchev–Trinajstić information content (AvgIpc) is 3.23. The van der Waals surface area contributed by atoms with E-state index in [1.54, 1.807) is 16.6 Å². The van der Waals surface area contributed by atoms with Gasteiger partial charge in [0.05, 0.1) is 36.0 Å². The lowest BCUT2D eigenvalue weighted by Gasteiger charge is -2.14. The molecule has 7 heteroatoms. The predicted octanol–water partition coefficient (Wildman–Crippen LogP) is 4.38. The summed E-state index contributed by atoms with van der Waals surface area (Å²) in [6.45, 7) is 3.22. The molecule has 0 aromatic carbocycles. The Morgan fingerprint density at radius 2 is 2.08 bits per heavy atom. The third kappa shape index (κ3) is 3.39. The second kappa shape index (κ2) is 6.11. The first-order chi connectivity index (χ1) is 11.3. The van der Waals surface area contributed by atoms with E-state index in [1.807, 2.05) is 13.8 Å². The maximum Gasteiger partial charge on any atom is 0.392 e. The number of carbonyl (C=O) groups is 1. The quantitative estimate of drug-likeness (QED) is 0.733. The van der Waals surface area contributed by atoms with Gasteiger partial charge in [0, 0.05) is 11.8 Å². The van der Waals surface area contributed by atoms with Gasteiger partial charge in [0.15, 0.2) is 5.78 Å². The molecule has 0 amide bonds. The number of Topliss-reactive ketones (excluding diaryl/α,β-unsaturated/α-hetero) is 1. The van der Waals surface area contributed by atoms with Gasteiger partial charge < -0.3 is 4.74 Å². The third-order valence-corrected chi connectivity index (χ3v) is 4.08. The normalized spacial score (nSPS) is 15.2. The molecule has 0 atom stereocenters. The fourth-order valence-corrected chi connectivity index (χ4v) is 2.69. The van der Waals surface area contributed by atoms with E-state index in [-0.39, 0.29) is 17.6 Å². The molecule has 0 radical (unpaired) electrons. The van der Waals surface area contributed by atoms with Crippen molar-refractivity contribution in [3.8, 4) is 5.75 Å². The molecule has 2 aromatic rings. The predicted molar refractivity (Wildman–Crippen MR) is 82.5 cm³/mol. The van der Waals surface area contributed by atoms with E-state index >= 15 is 0 Å². The van der Waals surface area contributed by atoms with E-state index in [9.17, 15) is 18.0 Å². The largest absolute Gasteiger partial charge is 0.491 e. The van der Waals surface area contributed by atoms with Crippen LogP contribution in [0.2, 0.25) is 0 Å². The molecule has 2 heterocycles. The minimum atomic E-state index is -4.24. The summed E-state index contributed by atoms with van der Waals surface area (Å²) < 4.78 is 44.0. The summed E-state index contributed by atoms with van der Waals surface area (Å²) in [5.74, 6) is 0.486. The van der Waals surface area contributed by atoms with Gasteiger partial charge in [0.1, 0.15) is 5.75 Å². The zero-order chi connectivity index (χ0) is 17.5. The number of hydrogen-bond donors (Lipinski definition) is 0. The van der Waals surface area contributed by atoms with Crippen LogP contribution in [0.1, 0.15) is 55.1 Å². The Hall–Kier alpha value is -2.05. The number of halogens is 3. The summed E-state index contributed by atoms with van der Waals surface area (Å²) in [4.78, 5) is 12.3. The number of nitrogens with zero attached hydrogens (tertiary/aromatic N) is 2. The number of fused-ring (bicyclic) bond motifs is 1. The summed E-state index contributed by atoms with van der Waals surface area (Å²) in [6.07, 6.45) is -1.81. The van der Waals surface area contributed by atoms with Crippen LogP contribution in [0.25, 0.3) is 5.52 Å². The highest BCUT2D eigenvalue weighted by atomic mass is 19.4. The molecular formula is C17H19F3N2O2. The molecule has 1 aliphatic carbocycles. The van der Waals surface area contributed by atoms with Crippen LogP contribution in [0.5, 0.6) is 5.75 Å². The van der Waals surface area contributed by atoms with Gasteiger partial charge in [-0.1, -0.05) is 13.8 Å². The Kier molecular flexibility index (Phi) is 4.27. The second-order valence-corrected chi connectivity index (χ2v) is 6.44. The Labute approximate surface area is 137 Å². The van der Waals surface area contributed by atoms with Crippen molar-refractivity contribution < 1.29 is 22.7 Å². The lowest BCUT2D eigenvalue weighted by Crippen LogP contribution is -2.14. The standard InChI is InChI=1S/C17H19F3N2O2/c1-10(2)16(23)12-9-21-22-13(12)5-6-14(15(22)11-3-4-11)24-8-7-17(18,19)20/h5-6,9-11H,3-4,7-8H2,1-2H3. The first kappa shape index (κ1) is 16.8. The molecule has 2 aromatic heterocycles. The van der Waals surface area contributed by atoms with Gasteiger partial charge in [0.2, 0.25) is 0 Å². The van der Waals surface area contributed by atoms with Gasteiger partial charge in [-0.15, -0.1) is 0 Å². The van der Waals surface area contributed by atoms with E-state index in [0.717, 1.165) is 18.5 Å². The SMILES string of the molecule is CC(C)C(=O)c1cnn2c(C3CC3)c(OCCC(F)(F)F)ccc12. The highest BCUT2D eigenvalue weighted by Crippen LogP contribution is 2.44. The number of pyridine rings is 1. The van der Waals surface area contributed by atoms with Crippen molar-refractivity contribution in [1.82, 2.24) is 9.61 Å². The van der Waals surface area contributed by atoms with E-state index in [2.05, 4.69) is 5.10 Å². The van der Waals surface area contributed by atoms with Crippen LogP contribution in [-0.2, 0) is 0 Å². The van der Waals surface area contributed by atoms with Crippen LogP contribution in [0.3, 0.4) is 0 Å². The molecular weight excluding hydrogens is 321 g/mol. The summed E-state index contributed by atoms with van der Waals surface area (Å²) in [5, 5.41) is 4.29. The van der Waals surface area contributed by atoms with Crippen molar-refractivity contribution >= 4 is 11.3 Å². The van der Waals surface area contributed by atoms with Gasteiger partial charge in [-0.25, -0.2) is 4.52 Å². The molecule has 3 rings (SSSR count). The van der Waals surface area contributed by atoms with Crippen LogP contribution in [0.15, 0.2) is 18.3 Å². The van der Waals surface area contributed by atoms with Crippen molar-refractivity contribution in [3.63, 3.8) is 0 Å². The Bertz CT molecular complexity index is 761. The number of alkyl halides is 3. The molecule has 0 aliphatic heterocycles.